The van der Waals surface area contributed by atoms with Crippen LogP contribution in [0, 0.1) is 25.7 Å². The molecule has 0 amide bonds. The van der Waals surface area contributed by atoms with Crippen molar-refractivity contribution in [2.24, 2.45) is 17.0 Å². The van der Waals surface area contributed by atoms with Crippen molar-refractivity contribution in [2.75, 3.05) is 13.1 Å². The van der Waals surface area contributed by atoms with Crippen molar-refractivity contribution in [1.82, 2.24) is 5.32 Å². The van der Waals surface area contributed by atoms with Crippen molar-refractivity contribution in [2.45, 2.75) is 34.1 Å². The highest BCUT2D eigenvalue weighted by Crippen LogP contribution is 2.18. The van der Waals surface area contributed by atoms with E-state index in [0.717, 1.165) is 25.2 Å². The van der Waals surface area contributed by atoms with Crippen molar-refractivity contribution < 1.29 is 5.21 Å². The number of benzene rings is 1. The van der Waals surface area contributed by atoms with Gasteiger partial charge in [0.2, 0.25) is 0 Å². The van der Waals surface area contributed by atoms with Gasteiger partial charge in [0, 0.05) is 12.5 Å². The molecule has 2 rings (SSSR count). The first kappa shape index (κ1) is 15.7. The number of hydrogen-bond acceptors (Lipinski definition) is 3. The number of aryl methyl sites for hydroxylation is 2. The van der Waals surface area contributed by atoms with Crippen LogP contribution in [0.4, 0.5) is 0 Å². The molecule has 1 fully saturated rings. The molecule has 2 N–H and O–H groups in total. The van der Waals surface area contributed by atoms with Crippen LogP contribution in [0.2, 0.25) is 0 Å². The van der Waals surface area contributed by atoms with Gasteiger partial charge in [0.15, 0.2) is 0 Å². The molecule has 1 heterocycles. The minimum Gasteiger partial charge on any atom is -0.411 e. The van der Waals surface area contributed by atoms with E-state index in [1.165, 1.54) is 11.1 Å². The van der Waals surface area contributed by atoms with Crippen LogP contribution < -0.4 is 5.32 Å². The Kier molecular flexibility index (Phi) is 6.57. The highest BCUT2D eigenvalue weighted by molar-refractivity contribution is 5.86. The van der Waals surface area contributed by atoms with Crippen molar-refractivity contribution in [3.05, 3.63) is 35.4 Å². The SMILES string of the molecule is CCC(=NO)C1CNCC1C.Cc1ccc(C)cc1. The van der Waals surface area contributed by atoms with E-state index < -0.39 is 0 Å². The summed E-state index contributed by atoms with van der Waals surface area (Å²) in [6, 6.07) is 8.48. The topological polar surface area (TPSA) is 44.6 Å². The Balaban J connectivity index is 0.000000200. The minimum atomic E-state index is 0.449. The van der Waals surface area contributed by atoms with Crippen LogP contribution in [0.1, 0.15) is 31.4 Å². The molecule has 1 aliphatic rings. The average Bonchev–Trinajstić information content (AvgIpc) is 2.82. The Bertz CT molecular complexity index is 377. The lowest BCUT2D eigenvalue weighted by atomic mass is 9.92. The summed E-state index contributed by atoms with van der Waals surface area (Å²) in [5.74, 6) is 1.06. The molecule has 0 aliphatic carbocycles. The minimum absolute atomic E-state index is 0.449. The summed E-state index contributed by atoms with van der Waals surface area (Å²) in [5, 5.41) is 15.3. The van der Waals surface area contributed by atoms with Crippen LogP contribution in [0.15, 0.2) is 29.4 Å². The summed E-state index contributed by atoms with van der Waals surface area (Å²) in [6.45, 7) is 10.4. The molecule has 1 aliphatic heterocycles. The van der Waals surface area contributed by atoms with Gasteiger partial charge < -0.3 is 10.5 Å². The molecule has 106 valence electrons. The molecule has 2 atom stereocenters. The van der Waals surface area contributed by atoms with Crippen LogP contribution in [0.25, 0.3) is 0 Å². The van der Waals surface area contributed by atoms with E-state index in [4.69, 9.17) is 5.21 Å². The number of nitrogens with zero attached hydrogens (tertiary/aromatic N) is 1. The van der Waals surface area contributed by atoms with E-state index >= 15 is 0 Å². The third kappa shape index (κ3) is 5.03. The lowest BCUT2D eigenvalue weighted by Crippen LogP contribution is -2.20. The fraction of sp³-hybridized carbons (Fsp3) is 0.562. The first-order valence-corrected chi connectivity index (χ1v) is 7.03. The largest absolute Gasteiger partial charge is 0.411 e. The van der Waals surface area contributed by atoms with E-state index in [1.807, 2.05) is 6.92 Å². The first-order valence-electron chi connectivity index (χ1n) is 7.03. The lowest BCUT2D eigenvalue weighted by Gasteiger charge is -2.13. The van der Waals surface area contributed by atoms with Gasteiger partial charge in [0.1, 0.15) is 0 Å². The van der Waals surface area contributed by atoms with Crippen LogP contribution >= 0.6 is 0 Å². The molecule has 0 saturated carbocycles. The first-order chi connectivity index (χ1) is 9.08. The van der Waals surface area contributed by atoms with Gasteiger partial charge in [-0.25, -0.2) is 0 Å². The predicted molar refractivity (Wildman–Crippen MR) is 81.0 cm³/mol. The molecule has 1 aromatic rings. The average molecular weight is 262 g/mol. The van der Waals surface area contributed by atoms with E-state index in [1.54, 1.807) is 0 Å². The van der Waals surface area contributed by atoms with E-state index in [-0.39, 0.29) is 0 Å². The molecule has 2 unspecified atom stereocenters. The molecule has 0 radical (unpaired) electrons. The predicted octanol–water partition coefficient (Wildman–Crippen LogP) is 3.39. The Morgan fingerprint density at radius 2 is 1.74 bits per heavy atom. The van der Waals surface area contributed by atoms with E-state index in [2.05, 4.69) is 55.5 Å². The third-order valence-corrected chi connectivity index (χ3v) is 3.65. The Morgan fingerprint density at radius 1 is 1.21 bits per heavy atom. The zero-order valence-electron chi connectivity index (χ0n) is 12.5. The van der Waals surface area contributed by atoms with E-state index in [9.17, 15) is 0 Å². The van der Waals surface area contributed by atoms with Crippen molar-refractivity contribution in [1.29, 1.82) is 0 Å². The second-order valence-electron chi connectivity index (χ2n) is 5.34. The normalized spacial score (nSPS) is 22.8. The maximum atomic E-state index is 8.66. The second kappa shape index (κ2) is 7.95. The molecular weight excluding hydrogens is 236 g/mol. The van der Waals surface area contributed by atoms with Crippen LogP contribution in [0.3, 0.4) is 0 Å². The summed E-state index contributed by atoms with van der Waals surface area (Å²) >= 11 is 0. The van der Waals surface area contributed by atoms with Crippen molar-refractivity contribution in [3.63, 3.8) is 0 Å². The van der Waals surface area contributed by atoms with Gasteiger partial charge in [0.05, 0.1) is 5.71 Å². The molecule has 19 heavy (non-hydrogen) atoms. The Hall–Kier alpha value is -1.35. The van der Waals surface area contributed by atoms with Gasteiger partial charge in [-0.2, -0.15) is 0 Å². The molecule has 0 aromatic heterocycles. The molecule has 0 bridgehead atoms. The smallest absolute Gasteiger partial charge is 0.0614 e. The van der Waals surface area contributed by atoms with Crippen molar-refractivity contribution in [3.8, 4) is 0 Å². The molecule has 3 nitrogen and oxygen atoms in total. The van der Waals surface area contributed by atoms with Gasteiger partial charge in [-0.3, -0.25) is 0 Å². The highest BCUT2D eigenvalue weighted by Gasteiger charge is 2.26. The molecule has 0 spiro atoms. The maximum absolute atomic E-state index is 8.66. The third-order valence-electron chi connectivity index (χ3n) is 3.65. The van der Waals surface area contributed by atoms with Crippen LogP contribution in [0.5, 0.6) is 0 Å². The summed E-state index contributed by atoms with van der Waals surface area (Å²) in [7, 11) is 0. The van der Waals surface area contributed by atoms with Gasteiger partial charge in [0.25, 0.3) is 0 Å². The molecular formula is C16H26N2O. The standard InChI is InChI=1S/C8H16N2O.C8H10/c1-3-8(10-11)7-5-9-4-6(7)2;1-7-3-5-8(2)6-4-7/h6-7,9,11H,3-5H2,1-2H3;3-6H,1-2H3. The molecule has 1 aromatic carbocycles. The quantitative estimate of drug-likeness (QED) is 0.487. The zero-order chi connectivity index (χ0) is 14.3. The van der Waals surface area contributed by atoms with Gasteiger partial charge >= 0.3 is 0 Å². The number of hydrogen-bond donors (Lipinski definition) is 2. The lowest BCUT2D eigenvalue weighted by molar-refractivity contribution is 0.311. The van der Waals surface area contributed by atoms with Gasteiger partial charge in [-0.05, 0) is 32.7 Å². The highest BCUT2D eigenvalue weighted by atomic mass is 16.4. The van der Waals surface area contributed by atoms with Crippen LogP contribution in [-0.4, -0.2) is 24.0 Å². The van der Waals surface area contributed by atoms with Crippen molar-refractivity contribution >= 4 is 5.71 Å². The van der Waals surface area contributed by atoms with Gasteiger partial charge in [-0.15, -0.1) is 0 Å². The van der Waals surface area contributed by atoms with E-state index in [0.29, 0.717) is 11.8 Å². The van der Waals surface area contributed by atoms with Gasteiger partial charge in [-0.1, -0.05) is 54.4 Å². The monoisotopic (exact) mass is 262 g/mol. The van der Waals surface area contributed by atoms with Crippen LogP contribution in [-0.2, 0) is 0 Å². The fourth-order valence-corrected chi connectivity index (χ4v) is 2.30. The molecule has 1 saturated heterocycles. The summed E-state index contributed by atoms with van der Waals surface area (Å²) in [5.41, 5.74) is 3.59. The summed E-state index contributed by atoms with van der Waals surface area (Å²) in [4.78, 5) is 0. The molecule has 3 heteroatoms. The fourth-order valence-electron chi connectivity index (χ4n) is 2.30. The summed E-state index contributed by atoms with van der Waals surface area (Å²) < 4.78 is 0. The maximum Gasteiger partial charge on any atom is 0.0614 e. The second-order valence-corrected chi connectivity index (χ2v) is 5.34. The number of oxime groups is 1. The summed E-state index contributed by atoms with van der Waals surface area (Å²) in [6.07, 6.45) is 0.854. The zero-order valence-corrected chi connectivity index (χ0v) is 12.5. The Morgan fingerprint density at radius 3 is 2.05 bits per heavy atom. The number of nitrogens with one attached hydrogen (secondary N) is 1. The number of rotatable bonds is 2. The Labute approximate surface area is 116 Å².